The van der Waals surface area contributed by atoms with Crippen molar-refractivity contribution in [2.24, 2.45) is 17.6 Å². The smallest absolute Gasteiger partial charge is 0.339 e. The molecule has 3 rings (SSSR count). The summed E-state index contributed by atoms with van der Waals surface area (Å²) < 4.78 is 0.906. The number of fused-ring (bicyclic) bond motifs is 1. The minimum Gasteiger partial charge on any atom is -0.478 e. The molecule has 0 aliphatic heterocycles. The lowest BCUT2D eigenvalue weighted by atomic mass is 9.81. The zero-order valence-corrected chi connectivity index (χ0v) is 15.1. The summed E-state index contributed by atoms with van der Waals surface area (Å²) >= 11 is 3.46. The number of carboxylic acid groups (broad SMARTS) is 1. The van der Waals surface area contributed by atoms with E-state index in [-0.39, 0.29) is 5.56 Å². The van der Waals surface area contributed by atoms with Gasteiger partial charge in [0.1, 0.15) is 5.56 Å². The van der Waals surface area contributed by atoms with Crippen LogP contribution in [0.15, 0.2) is 28.9 Å². The largest absolute Gasteiger partial charge is 0.478 e. The van der Waals surface area contributed by atoms with Crippen molar-refractivity contribution < 1.29 is 9.90 Å². The second-order valence-corrected chi connectivity index (χ2v) is 7.44. The predicted octanol–water partition coefficient (Wildman–Crippen LogP) is 3.87. The molecule has 0 amide bonds. The lowest BCUT2D eigenvalue weighted by Crippen LogP contribution is -2.27. The first kappa shape index (κ1) is 17.2. The van der Waals surface area contributed by atoms with Crippen molar-refractivity contribution in [2.45, 2.75) is 25.7 Å². The van der Waals surface area contributed by atoms with E-state index in [0.29, 0.717) is 17.5 Å². The van der Waals surface area contributed by atoms with Gasteiger partial charge in [0.25, 0.3) is 0 Å². The second kappa shape index (κ2) is 7.49. The van der Waals surface area contributed by atoms with Crippen molar-refractivity contribution in [2.75, 3.05) is 18.4 Å². The van der Waals surface area contributed by atoms with Crippen LogP contribution in [0.1, 0.15) is 36.0 Å². The second-order valence-electron chi connectivity index (χ2n) is 6.53. The number of nitrogens with zero attached hydrogens (tertiary/aromatic N) is 1. The molecule has 1 aliphatic carbocycles. The Morgan fingerprint density at radius 1 is 1.38 bits per heavy atom. The molecule has 128 valence electrons. The maximum Gasteiger partial charge on any atom is 0.339 e. The minimum absolute atomic E-state index is 0.215. The van der Waals surface area contributed by atoms with Crippen molar-refractivity contribution in [1.29, 1.82) is 0 Å². The number of halogens is 1. The standard InChI is InChI=1S/C18H22BrN3O2/c19-13-4-5-16-14(7-13)17(15(10-21-16)18(23)24)22-9-12-3-1-2-11(6-12)8-20/h4-5,7,10-12H,1-3,6,8-9,20H2,(H,21,22)(H,23,24). The van der Waals surface area contributed by atoms with E-state index in [2.05, 4.69) is 26.2 Å². The molecule has 0 spiro atoms. The lowest BCUT2D eigenvalue weighted by molar-refractivity contribution is 0.0697. The Morgan fingerprint density at radius 3 is 2.92 bits per heavy atom. The van der Waals surface area contributed by atoms with Gasteiger partial charge in [-0.3, -0.25) is 4.98 Å². The van der Waals surface area contributed by atoms with Crippen molar-refractivity contribution in [3.8, 4) is 0 Å². The zero-order valence-electron chi connectivity index (χ0n) is 13.5. The lowest BCUT2D eigenvalue weighted by Gasteiger charge is -2.29. The SMILES string of the molecule is NCC1CCCC(CNc2c(C(=O)O)cnc3ccc(Br)cc23)C1. The van der Waals surface area contributed by atoms with Crippen LogP contribution in [0.5, 0.6) is 0 Å². The number of aromatic nitrogens is 1. The molecule has 5 nitrogen and oxygen atoms in total. The summed E-state index contributed by atoms with van der Waals surface area (Å²) in [5.74, 6) is 0.160. The van der Waals surface area contributed by atoms with E-state index in [4.69, 9.17) is 5.73 Å². The number of carboxylic acids is 1. The Bertz CT molecular complexity index is 750. The summed E-state index contributed by atoms with van der Waals surface area (Å²) in [6.07, 6.45) is 6.11. The summed E-state index contributed by atoms with van der Waals surface area (Å²) in [6, 6.07) is 5.72. The highest BCUT2D eigenvalue weighted by atomic mass is 79.9. The predicted molar refractivity (Wildman–Crippen MR) is 99.4 cm³/mol. The number of hydrogen-bond acceptors (Lipinski definition) is 4. The van der Waals surface area contributed by atoms with Gasteiger partial charge in [-0.05, 0) is 55.8 Å². The van der Waals surface area contributed by atoms with E-state index in [1.165, 1.54) is 25.5 Å². The average Bonchev–Trinajstić information content (AvgIpc) is 2.59. The summed E-state index contributed by atoms with van der Waals surface area (Å²) in [6.45, 7) is 1.50. The molecule has 2 unspecified atom stereocenters. The Balaban J connectivity index is 1.88. The Kier molecular flexibility index (Phi) is 5.36. The summed E-state index contributed by atoms with van der Waals surface area (Å²) in [4.78, 5) is 15.9. The molecule has 1 heterocycles. The van der Waals surface area contributed by atoms with Gasteiger partial charge in [0.15, 0.2) is 0 Å². The first-order valence-electron chi connectivity index (χ1n) is 8.34. The van der Waals surface area contributed by atoms with E-state index in [0.717, 1.165) is 34.9 Å². The number of pyridine rings is 1. The number of nitrogens with one attached hydrogen (secondary N) is 1. The van der Waals surface area contributed by atoms with Crippen LogP contribution in [-0.2, 0) is 0 Å². The number of benzene rings is 1. The summed E-state index contributed by atoms with van der Waals surface area (Å²) in [5, 5.41) is 13.7. The molecule has 0 radical (unpaired) electrons. The molecule has 6 heteroatoms. The fourth-order valence-corrected chi connectivity index (χ4v) is 3.93. The Morgan fingerprint density at radius 2 is 2.17 bits per heavy atom. The van der Waals surface area contributed by atoms with E-state index in [1.54, 1.807) is 0 Å². The molecule has 1 saturated carbocycles. The molecule has 24 heavy (non-hydrogen) atoms. The number of aromatic carboxylic acids is 1. The van der Waals surface area contributed by atoms with Crippen LogP contribution >= 0.6 is 15.9 Å². The fraction of sp³-hybridized carbons (Fsp3) is 0.444. The van der Waals surface area contributed by atoms with Gasteiger partial charge < -0.3 is 16.2 Å². The van der Waals surface area contributed by atoms with Crippen molar-refractivity contribution in [3.63, 3.8) is 0 Å². The third kappa shape index (κ3) is 3.70. The molecule has 0 bridgehead atoms. The van der Waals surface area contributed by atoms with E-state index >= 15 is 0 Å². The Hall–Kier alpha value is -1.66. The average molecular weight is 392 g/mol. The molecule has 2 atom stereocenters. The number of carbonyl (C=O) groups is 1. The fourth-order valence-electron chi connectivity index (χ4n) is 3.57. The highest BCUT2D eigenvalue weighted by Crippen LogP contribution is 2.32. The first-order valence-corrected chi connectivity index (χ1v) is 9.13. The highest BCUT2D eigenvalue weighted by molar-refractivity contribution is 9.10. The Labute approximate surface area is 149 Å². The number of rotatable bonds is 5. The van der Waals surface area contributed by atoms with E-state index in [1.807, 2.05) is 18.2 Å². The quantitative estimate of drug-likeness (QED) is 0.719. The van der Waals surface area contributed by atoms with E-state index < -0.39 is 5.97 Å². The molecule has 1 aromatic carbocycles. The van der Waals surface area contributed by atoms with Gasteiger partial charge in [-0.25, -0.2) is 4.79 Å². The maximum atomic E-state index is 11.6. The van der Waals surface area contributed by atoms with Crippen LogP contribution in [0.25, 0.3) is 10.9 Å². The van der Waals surface area contributed by atoms with Crippen LogP contribution in [0, 0.1) is 11.8 Å². The topological polar surface area (TPSA) is 88.2 Å². The highest BCUT2D eigenvalue weighted by Gasteiger charge is 2.22. The third-order valence-corrected chi connectivity index (χ3v) is 5.35. The third-order valence-electron chi connectivity index (χ3n) is 4.85. The minimum atomic E-state index is -0.963. The number of anilines is 1. The normalized spacial score (nSPS) is 20.9. The molecule has 1 aromatic heterocycles. The van der Waals surface area contributed by atoms with Gasteiger partial charge in [0, 0.05) is 22.6 Å². The molecule has 4 N–H and O–H groups in total. The van der Waals surface area contributed by atoms with E-state index in [9.17, 15) is 9.90 Å². The van der Waals surface area contributed by atoms with Gasteiger partial charge in [-0.15, -0.1) is 0 Å². The van der Waals surface area contributed by atoms with Crippen molar-refractivity contribution in [1.82, 2.24) is 4.98 Å². The van der Waals surface area contributed by atoms with Crippen LogP contribution < -0.4 is 11.1 Å². The van der Waals surface area contributed by atoms with Crippen molar-refractivity contribution >= 4 is 38.5 Å². The van der Waals surface area contributed by atoms with Crippen LogP contribution in [0.2, 0.25) is 0 Å². The van der Waals surface area contributed by atoms with Crippen LogP contribution in [0.3, 0.4) is 0 Å². The van der Waals surface area contributed by atoms with Gasteiger partial charge in [-0.1, -0.05) is 22.4 Å². The van der Waals surface area contributed by atoms with Gasteiger partial charge in [0.2, 0.25) is 0 Å². The molecule has 1 aliphatic rings. The summed E-state index contributed by atoms with van der Waals surface area (Å²) in [7, 11) is 0. The van der Waals surface area contributed by atoms with Crippen molar-refractivity contribution in [3.05, 3.63) is 34.4 Å². The molecular formula is C18H22BrN3O2. The monoisotopic (exact) mass is 391 g/mol. The molecule has 2 aromatic rings. The first-order chi connectivity index (χ1) is 11.6. The molecular weight excluding hydrogens is 370 g/mol. The number of nitrogens with two attached hydrogens (primary N) is 1. The van der Waals surface area contributed by atoms with Gasteiger partial charge in [-0.2, -0.15) is 0 Å². The zero-order chi connectivity index (χ0) is 17.1. The molecule has 0 saturated heterocycles. The van der Waals surface area contributed by atoms with Crippen LogP contribution in [-0.4, -0.2) is 29.1 Å². The van der Waals surface area contributed by atoms with Crippen LogP contribution in [0.4, 0.5) is 5.69 Å². The van der Waals surface area contributed by atoms with Gasteiger partial charge >= 0.3 is 5.97 Å². The maximum absolute atomic E-state index is 11.6. The number of hydrogen-bond donors (Lipinski definition) is 3. The molecule has 1 fully saturated rings. The summed E-state index contributed by atoms with van der Waals surface area (Å²) in [5.41, 5.74) is 7.47. The van der Waals surface area contributed by atoms with Gasteiger partial charge in [0.05, 0.1) is 11.2 Å².